The molecule has 0 radical (unpaired) electrons. The van der Waals surface area contributed by atoms with Crippen LogP contribution in [0.25, 0.3) is 0 Å². The highest BCUT2D eigenvalue weighted by Gasteiger charge is 2.68. The first kappa shape index (κ1) is 33.4. The number of aliphatic imine (C=N–C) groups is 1. The minimum atomic E-state index is -0.759. The second kappa shape index (κ2) is 14.8. The monoisotopic (exact) mass is 617 g/mol. The molecule has 1 heterocycles. The van der Waals surface area contributed by atoms with E-state index < -0.39 is 17.7 Å². The van der Waals surface area contributed by atoms with E-state index in [1.54, 1.807) is 17.0 Å². The molecule has 228 valence electrons. The number of piperidine rings is 1. The van der Waals surface area contributed by atoms with Gasteiger partial charge in [0.25, 0.3) is 0 Å². The van der Waals surface area contributed by atoms with Gasteiger partial charge in [-0.05, 0) is 42.2 Å². The largest absolute Gasteiger partial charge is 0.443 e. The predicted octanol–water partition coefficient (Wildman–Crippen LogP) is 4.48. The predicted molar refractivity (Wildman–Crippen MR) is 166 cm³/mol. The van der Waals surface area contributed by atoms with Crippen molar-refractivity contribution in [2.75, 3.05) is 6.54 Å². The normalized spacial score (nSPS) is 22.2. The summed E-state index contributed by atoms with van der Waals surface area (Å²) in [6.45, 7) is 1.03. The number of benzene rings is 2. The van der Waals surface area contributed by atoms with Crippen molar-refractivity contribution >= 4 is 48.6 Å². The smallest absolute Gasteiger partial charge is 0.435 e. The number of carbonyl (C=O) groups excluding carboxylic acids is 3. The van der Waals surface area contributed by atoms with Gasteiger partial charge in [0.05, 0.1) is 6.04 Å². The maximum Gasteiger partial charge on any atom is 0.435 e. The fourth-order valence-electron chi connectivity index (χ4n) is 6.31. The van der Waals surface area contributed by atoms with Gasteiger partial charge in [-0.15, -0.1) is 24.8 Å². The van der Waals surface area contributed by atoms with Crippen LogP contribution in [0.3, 0.4) is 0 Å². The third kappa shape index (κ3) is 7.62. The number of nitrogens with two attached hydrogens (primary N) is 2. The van der Waals surface area contributed by atoms with Gasteiger partial charge in [-0.25, -0.2) is 4.79 Å². The van der Waals surface area contributed by atoms with Crippen LogP contribution in [0.15, 0.2) is 59.6 Å². The minimum Gasteiger partial charge on any atom is -0.443 e. The Morgan fingerprint density at radius 1 is 0.976 bits per heavy atom. The van der Waals surface area contributed by atoms with E-state index in [0.29, 0.717) is 37.4 Å². The van der Waals surface area contributed by atoms with E-state index in [2.05, 4.69) is 10.3 Å². The fourth-order valence-corrected chi connectivity index (χ4v) is 6.31. The molecular formula is C31H41Cl2N5O4. The molecule has 2 aromatic carbocycles. The Morgan fingerprint density at radius 2 is 1.67 bits per heavy atom. The molecule has 2 aliphatic carbocycles. The molecule has 3 fully saturated rings. The van der Waals surface area contributed by atoms with Crippen LogP contribution in [0.5, 0.6) is 0 Å². The molecule has 5 N–H and O–H groups in total. The number of rotatable bonds is 9. The average Bonchev–Trinajstić information content (AvgIpc) is 3.60. The van der Waals surface area contributed by atoms with Gasteiger partial charge in [0.2, 0.25) is 11.8 Å². The number of hydrogen-bond donors (Lipinski definition) is 3. The summed E-state index contributed by atoms with van der Waals surface area (Å²) in [4.78, 5) is 44.3. The highest BCUT2D eigenvalue weighted by Crippen LogP contribution is 2.56. The lowest BCUT2D eigenvalue weighted by Gasteiger charge is -2.31. The van der Waals surface area contributed by atoms with Crippen molar-refractivity contribution in [3.8, 4) is 0 Å². The topological polar surface area (TPSA) is 140 Å². The van der Waals surface area contributed by atoms with E-state index in [1.807, 2.05) is 42.5 Å². The Balaban J connectivity index is 0.00000242. The van der Waals surface area contributed by atoms with E-state index >= 15 is 0 Å². The number of nitrogens with one attached hydrogen (secondary N) is 1. The zero-order valence-electron chi connectivity index (χ0n) is 23.7. The van der Waals surface area contributed by atoms with E-state index in [-0.39, 0.29) is 55.0 Å². The molecule has 2 saturated carbocycles. The summed E-state index contributed by atoms with van der Waals surface area (Å²) < 4.78 is 5.16. The van der Waals surface area contributed by atoms with Crippen LogP contribution in [0, 0.1) is 11.8 Å². The number of carbonyl (C=O) groups is 3. The Morgan fingerprint density at radius 3 is 2.33 bits per heavy atom. The number of halogens is 2. The van der Waals surface area contributed by atoms with Crippen molar-refractivity contribution in [3.05, 3.63) is 71.3 Å². The number of nitrogens with zero attached hydrogens (tertiary/aromatic N) is 2. The summed E-state index contributed by atoms with van der Waals surface area (Å²) in [6.07, 6.45) is 7.48. The van der Waals surface area contributed by atoms with Gasteiger partial charge in [-0.3, -0.25) is 9.59 Å². The third-order valence-electron chi connectivity index (χ3n) is 8.66. The summed E-state index contributed by atoms with van der Waals surface area (Å²) in [5.41, 5.74) is 13.9. The van der Waals surface area contributed by atoms with Gasteiger partial charge in [0.1, 0.15) is 18.0 Å². The van der Waals surface area contributed by atoms with E-state index in [0.717, 1.165) is 30.4 Å². The summed E-state index contributed by atoms with van der Waals surface area (Å²) in [6, 6.07) is 15.9. The third-order valence-corrected chi connectivity index (χ3v) is 8.66. The quantitative estimate of drug-likeness (QED) is 0.280. The fraction of sp³-hybridized carbons (Fsp3) is 0.484. The van der Waals surface area contributed by atoms with Crippen LogP contribution < -0.4 is 16.8 Å². The maximum absolute atomic E-state index is 13.3. The molecule has 0 bridgehead atoms. The van der Waals surface area contributed by atoms with Crippen LogP contribution in [0.2, 0.25) is 0 Å². The van der Waals surface area contributed by atoms with Crippen LogP contribution >= 0.6 is 24.8 Å². The number of hydrogen-bond acceptors (Lipinski definition) is 5. The number of ether oxygens (including phenoxy) is 1. The van der Waals surface area contributed by atoms with Gasteiger partial charge >= 0.3 is 6.09 Å². The molecular weight excluding hydrogens is 577 g/mol. The molecule has 0 spiro atoms. The van der Waals surface area contributed by atoms with Crippen LogP contribution in [0.4, 0.5) is 4.79 Å². The zero-order valence-corrected chi connectivity index (χ0v) is 25.3. The SMILES string of the molecule is Cl.Cl.NC(=NC(=O)OCc1ccccc1)c1ccc(CNC(=O)[C@]23C[C@H]2CCN3C(=O)[C@H](N)CC2CCCCC2)cc1. The molecule has 11 heteroatoms. The second-order valence-electron chi connectivity index (χ2n) is 11.4. The summed E-state index contributed by atoms with van der Waals surface area (Å²) in [7, 11) is 0. The van der Waals surface area contributed by atoms with Gasteiger partial charge < -0.3 is 26.4 Å². The first-order valence-corrected chi connectivity index (χ1v) is 14.4. The summed E-state index contributed by atoms with van der Waals surface area (Å²) in [5.74, 6) is 0.579. The lowest BCUT2D eigenvalue weighted by Crippen LogP contribution is -2.54. The van der Waals surface area contributed by atoms with E-state index in [9.17, 15) is 14.4 Å². The van der Waals surface area contributed by atoms with Gasteiger partial charge in [0.15, 0.2) is 0 Å². The average molecular weight is 619 g/mol. The Kier molecular flexibility index (Phi) is 11.8. The van der Waals surface area contributed by atoms with Crippen molar-refractivity contribution in [3.63, 3.8) is 0 Å². The Bertz CT molecular complexity index is 1250. The molecule has 0 unspecified atom stereocenters. The number of likely N-dealkylation sites (tertiary alicyclic amines) is 1. The van der Waals surface area contributed by atoms with Crippen molar-refractivity contribution in [2.24, 2.45) is 28.3 Å². The van der Waals surface area contributed by atoms with Crippen LogP contribution in [-0.4, -0.2) is 46.8 Å². The lowest BCUT2D eigenvalue weighted by atomic mass is 9.84. The standard InChI is InChI=1S/C31H39N5O4.2ClH/c32-26(17-21-7-3-1-4-8-21)28(37)36-16-15-25-18-31(25,36)29(38)34-19-22-11-13-24(14-12-22)27(33)35-30(39)40-20-23-9-5-2-6-10-23;;/h2,5-6,9-14,21,25-26H,1,3-4,7-8,15-20,32H2,(H,34,38)(H2,33,35,39);2*1H/t25-,26-,31+;;/m1../s1. The molecule has 1 aliphatic heterocycles. The molecule has 5 rings (SSSR count). The molecule has 3 aliphatic rings. The zero-order chi connectivity index (χ0) is 28.1. The Labute approximate surface area is 259 Å². The molecule has 0 aromatic heterocycles. The van der Waals surface area contributed by atoms with E-state index in [4.69, 9.17) is 16.2 Å². The highest BCUT2D eigenvalue weighted by molar-refractivity contribution is 6.02. The first-order chi connectivity index (χ1) is 19.4. The first-order valence-electron chi connectivity index (χ1n) is 14.4. The van der Waals surface area contributed by atoms with E-state index in [1.165, 1.54) is 19.3 Å². The van der Waals surface area contributed by atoms with Gasteiger partial charge in [-0.1, -0.05) is 86.7 Å². The van der Waals surface area contributed by atoms with Crippen LogP contribution in [-0.2, 0) is 27.5 Å². The summed E-state index contributed by atoms with van der Waals surface area (Å²) in [5, 5.41) is 3.03. The summed E-state index contributed by atoms with van der Waals surface area (Å²) >= 11 is 0. The van der Waals surface area contributed by atoms with Gasteiger partial charge in [-0.2, -0.15) is 4.99 Å². The molecule has 3 atom stereocenters. The number of amidine groups is 1. The Hall–Kier alpha value is -3.14. The van der Waals surface area contributed by atoms with Crippen molar-refractivity contribution < 1.29 is 19.1 Å². The molecule has 3 amide bonds. The number of fused-ring (bicyclic) bond motifs is 1. The van der Waals surface area contributed by atoms with Gasteiger partial charge in [0, 0.05) is 18.7 Å². The van der Waals surface area contributed by atoms with Crippen molar-refractivity contribution in [2.45, 2.75) is 76.1 Å². The number of amides is 3. The molecule has 42 heavy (non-hydrogen) atoms. The molecule has 9 nitrogen and oxygen atoms in total. The van der Waals surface area contributed by atoms with Crippen molar-refractivity contribution in [1.82, 2.24) is 10.2 Å². The second-order valence-corrected chi connectivity index (χ2v) is 11.4. The highest BCUT2D eigenvalue weighted by atomic mass is 35.5. The lowest BCUT2D eigenvalue weighted by molar-refractivity contribution is -0.142. The van der Waals surface area contributed by atoms with Crippen LogP contribution in [0.1, 0.15) is 68.1 Å². The maximum atomic E-state index is 13.3. The molecule has 1 saturated heterocycles. The van der Waals surface area contributed by atoms with Crippen molar-refractivity contribution in [1.29, 1.82) is 0 Å². The minimum absolute atomic E-state index is 0. The molecule has 2 aromatic rings.